The van der Waals surface area contributed by atoms with E-state index in [9.17, 15) is 0 Å². The molecule has 0 spiro atoms. The Balaban J connectivity index is 0.00000312. The van der Waals surface area contributed by atoms with Crippen molar-refractivity contribution >= 4 is 41.3 Å². The van der Waals surface area contributed by atoms with E-state index in [-0.39, 0.29) is 30.1 Å². The van der Waals surface area contributed by atoms with Crippen LogP contribution in [0.4, 0.5) is 0 Å². The lowest BCUT2D eigenvalue weighted by Gasteiger charge is -2.22. The lowest BCUT2D eigenvalue weighted by atomic mass is 10.3. The van der Waals surface area contributed by atoms with Gasteiger partial charge in [0, 0.05) is 19.0 Å². The average molecular weight is 474 g/mol. The average Bonchev–Trinajstić information content (AvgIpc) is 2.97. The molecule has 1 unspecified atom stereocenters. The van der Waals surface area contributed by atoms with Crippen LogP contribution in [-0.4, -0.2) is 42.1 Å². The lowest BCUT2D eigenvalue weighted by Crippen LogP contribution is -2.39. The second-order valence-electron chi connectivity index (χ2n) is 5.65. The van der Waals surface area contributed by atoms with Crippen LogP contribution in [0.5, 0.6) is 5.75 Å². The van der Waals surface area contributed by atoms with E-state index in [1.54, 1.807) is 11.3 Å². The molecule has 0 aliphatic rings. The molecule has 2 rings (SSSR count). The van der Waals surface area contributed by atoms with Crippen molar-refractivity contribution < 1.29 is 4.74 Å². The second kappa shape index (κ2) is 11.3. The molecule has 25 heavy (non-hydrogen) atoms. The van der Waals surface area contributed by atoms with Crippen molar-refractivity contribution in [3.05, 3.63) is 46.4 Å². The van der Waals surface area contributed by atoms with Gasteiger partial charge in [0.05, 0.1) is 23.8 Å². The number of halogens is 1. The maximum atomic E-state index is 5.88. The van der Waals surface area contributed by atoms with Gasteiger partial charge in [-0.3, -0.25) is 0 Å². The SMILES string of the molecule is CCNC(=NCC(C)Oc1ccccc1)N(C)Cc1csc(C)n1.I. The summed E-state index contributed by atoms with van der Waals surface area (Å²) in [4.78, 5) is 11.3. The third kappa shape index (κ3) is 7.60. The molecule has 0 fully saturated rings. The smallest absolute Gasteiger partial charge is 0.194 e. The van der Waals surface area contributed by atoms with Crippen LogP contribution in [0.15, 0.2) is 40.7 Å². The highest BCUT2D eigenvalue weighted by Gasteiger charge is 2.10. The topological polar surface area (TPSA) is 49.8 Å². The van der Waals surface area contributed by atoms with Gasteiger partial charge in [-0.25, -0.2) is 9.98 Å². The molecular formula is C18H27IN4OS. The number of nitrogens with zero attached hydrogens (tertiary/aromatic N) is 3. The molecule has 0 aliphatic carbocycles. The minimum Gasteiger partial charge on any atom is -0.489 e. The Hall–Kier alpha value is -1.35. The fourth-order valence-corrected chi connectivity index (χ4v) is 2.86. The van der Waals surface area contributed by atoms with Crippen LogP contribution in [-0.2, 0) is 6.54 Å². The Labute approximate surface area is 171 Å². The summed E-state index contributed by atoms with van der Waals surface area (Å²) >= 11 is 1.67. The second-order valence-corrected chi connectivity index (χ2v) is 6.71. The number of guanidine groups is 1. The molecule has 0 saturated heterocycles. The summed E-state index contributed by atoms with van der Waals surface area (Å²) in [6, 6.07) is 9.84. The van der Waals surface area contributed by atoms with E-state index in [0.29, 0.717) is 6.54 Å². The van der Waals surface area contributed by atoms with Crippen LogP contribution < -0.4 is 10.1 Å². The molecule has 1 heterocycles. The fourth-order valence-electron chi connectivity index (χ4n) is 2.25. The van der Waals surface area contributed by atoms with Crippen molar-refractivity contribution in [2.75, 3.05) is 20.1 Å². The number of rotatable bonds is 7. The molecule has 7 heteroatoms. The zero-order valence-electron chi connectivity index (χ0n) is 15.2. The lowest BCUT2D eigenvalue weighted by molar-refractivity contribution is 0.229. The fraction of sp³-hybridized carbons (Fsp3) is 0.444. The molecule has 0 radical (unpaired) electrons. The van der Waals surface area contributed by atoms with Gasteiger partial charge in [0.2, 0.25) is 0 Å². The minimum absolute atomic E-state index is 0. The summed E-state index contributed by atoms with van der Waals surface area (Å²) in [7, 11) is 2.03. The van der Waals surface area contributed by atoms with Gasteiger partial charge in [-0.05, 0) is 32.9 Å². The maximum absolute atomic E-state index is 5.88. The van der Waals surface area contributed by atoms with Crippen molar-refractivity contribution in [1.82, 2.24) is 15.2 Å². The van der Waals surface area contributed by atoms with Gasteiger partial charge in [-0.1, -0.05) is 18.2 Å². The largest absolute Gasteiger partial charge is 0.489 e. The van der Waals surface area contributed by atoms with Gasteiger partial charge in [0.25, 0.3) is 0 Å². The Kier molecular flexibility index (Phi) is 9.81. The van der Waals surface area contributed by atoms with E-state index in [0.717, 1.165) is 35.5 Å². The number of aryl methyl sites for hydroxylation is 1. The van der Waals surface area contributed by atoms with E-state index < -0.39 is 0 Å². The Morgan fingerprint density at radius 2 is 2.08 bits per heavy atom. The molecule has 0 aliphatic heterocycles. The van der Waals surface area contributed by atoms with Crippen LogP contribution in [0.25, 0.3) is 0 Å². The number of aliphatic imine (C=N–C) groups is 1. The number of nitrogens with one attached hydrogen (secondary N) is 1. The predicted molar refractivity (Wildman–Crippen MR) is 116 cm³/mol. The molecule has 1 aromatic heterocycles. The van der Waals surface area contributed by atoms with Crippen molar-refractivity contribution in [1.29, 1.82) is 0 Å². The maximum Gasteiger partial charge on any atom is 0.194 e. The standard InChI is InChI=1S/C18H26N4OS.HI/c1-5-19-18(22(4)12-16-13-24-15(3)21-16)20-11-14(2)23-17-9-7-6-8-10-17;/h6-10,13-14H,5,11-12H2,1-4H3,(H,19,20);1H. The first kappa shape index (κ1) is 21.7. The van der Waals surface area contributed by atoms with Crippen LogP contribution in [0.1, 0.15) is 24.5 Å². The van der Waals surface area contributed by atoms with Crippen LogP contribution in [0.2, 0.25) is 0 Å². The number of ether oxygens (including phenoxy) is 1. The van der Waals surface area contributed by atoms with Gasteiger partial charge in [-0.2, -0.15) is 0 Å². The number of thiazole rings is 1. The first-order chi connectivity index (χ1) is 11.6. The van der Waals surface area contributed by atoms with Crippen molar-refractivity contribution in [2.24, 2.45) is 4.99 Å². The number of benzene rings is 1. The number of hydrogen-bond donors (Lipinski definition) is 1. The Bertz CT molecular complexity index is 648. The summed E-state index contributed by atoms with van der Waals surface area (Å²) in [5.74, 6) is 1.74. The minimum atomic E-state index is 0. The molecular weight excluding hydrogens is 447 g/mol. The summed E-state index contributed by atoms with van der Waals surface area (Å²) in [6.45, 7) is 8.29. The van der Waals surface area contributed by atoms with E-state index in [1.807, 2.05) is 51.2 Å². The quantitative estimate of drug-likeness (QED) is 0.376. The van der Waals surface area contributed by atoms with Crippen LogP contribution >= 0.6 is 35.3 Å². The molecule has 5 nitrogen and oxygen atoms in total. The third-order valence-electron chi connectivity index (χ3n) is 3.34. The zero-order valence-corrected chi connectivity index (χ0v) is 18.4. The highest BCUT2D eigenvalue weighted by molar-refractivity contribution is 14.0. The normalized spacial score (nSPS) is 12.2. The third-order valence-corrected chi connectivity index (χ3v) is 4.16. The number of para-hydroxylation sites is 1. The summed E-state index contributed by atoms with van der Waals surface area (Å²) in [6.07, 6.45) is 0.0102. The zero-order chi connectivity index (χ0) is 17.4. The highest BCUT2D eigenvalue weighted by Crippen LogP contribution is 2.12. The Morgan fingerprint density at radius 3 is 2.68 bits per heavy atom. The van der Waals surface area contributed by atoms with Crippen LogP contribution in [0, 0.1) is 6.92 Å². The summed E-state index contributed by atoms with van der Waals surface area (Å²) in [5, 5.41) is 6.51. The molecule has 0 bridgehead atoms. The van der Waals surface area contributed by atoms with Gasteiger partial charge in [0.1, 0.15) is 11.9 Å². The number of aromatic nitrogens is 1. The molecule has 0 saturated carbocycles. The molecule has 1 atom stereocenters. The van der Waals surface area contributed by atoms with Crippen molar-refractivity contribution in [2.45, 2.75) is 33.4 Å². The summed E-state index contributed by atoms with van der Waals surface area (Å²) < 4.78 is 5.88. The van der Waals surface area contributed by atoms with Gasteiger partial charge in [-0.15, -0.1) is 35.3 Å². The van der Waals surface area contributed by atoms with Gasteiger partial charge in [0.15, 0.2) is 5.96 Å². The molecule has 138 valence electrons. The van der Waals surface area contributed by atoms with Gasteiger partial charge >= 0.3 is 0 Å². The monoisotopic (exact) mass is 474 g/mol. The van der Waals surface area contributed by atoms with Gasteiger partial charge < -0.3 is 15.0 Å². The molecule has 1 aromatic carbocycles. The molecule has 1 N–H and O–H groups in total. The summed E-state index contributed by atoms with van der Waals surface area (Å²) in [5.41, 5.74) is 1.07. The van der Waals surface area contributed by atoms with E-state index in [2.05, 4.69) is 27.5 Å². The molecule has 2 aromatic rings. The Morgan fingerprint density at radius 1 is 1.36 bits per heavy atom. The first-order valence-electron chi connectivity index (χ1n) is 8.20. The van der Waals surface area contributed by atoms with Crippen LogP contribution in [0.3, 0.4) is 0 Å². The van der Waals surface area contributed by atoms with E-state index in [4.69, 9.17) is 9.73 Å². The first-order valence-corrected chi connectivity index (χ1v) is 9.08. The predicted octanol–water partition coefficient (Wildman–Crippen LogP) is 3.93. The number of hydrogen-bond acceptors (Lipinski definition) is 4. The molecule has 0 amide bonds. The highest BCUT2D eigenvalue weighted by atomic mass is 127. The van der Waals surface area contributed by atoms with E-state index >= 15 is 0 Å². The van der Waals surface area contributed by atoms with Crippen molar-refractivity contribution in [3.8, 4) is 5.75 Å². The van der Waals surface area contributed by atoms with Crippen molar-refractivity contribution in [3.63, 3.8) is 0 Å². The van der Waals surface area contributed by atoms with E-state index in [1.165, 1.54) is 0 Å².